The first-order chi connectivity index (χ1) is 20.9. The molecule has 43 heavy (non-hydrogen) atoms. The summed E-state index contributed by atoms with van der Waals surface area (Å²) in [4.78, 5) is 29.4. The molecule has 3 aromatic carbocycles. The predicted molar refractivity (Wildman–Crippen MR) is 164 cm³/mol. The van der Waals surface area contributed by atoms with Gasteiger partial charge < -0.3 is 20.5 Å². The number of rotatable bonds is 10. The Bertz CT molecular complexity index is 1460. The number of aliphatic hydroxyl groups is 1. The van der Waals surface area contributed by atoms with Crippen LogP contribution in [0.25, 0.3) is 11.1 Å². The first-order valence-electron chi connectivity index (χ1n) is 15.2. The van der Waals surface area contributed by atoms with Crippen LogP contribution in [0.3, 0.4) is 0 Å². The van der Waals surface area contributed by atoms with Crippen molar-refractivity contribution in [2.45, 2.75) is 50.6 Å². The summed E-state index contributed by atoms with van der Waals surface area (Å²) in [5.74, 6) is 0.917. The van der Waals surface area contributed by atoms with Gasteiger partial charge in [-0.05, 0) is 104 Å². The number of halogens is 1. The number of benzene rings is 3. The molecular formula is C34H39FN4O4. The Balaban J connectivity index is 1.13. The van der Waals surface area contributed by atoms with Gasteiger partial charge in [0.25, 0.3) is 5.91 Å². The number of anilines is 1. The molecule has 3 aliphatic rings. The van der Waals surface area contributed by atoms with Gasteiger partial charge in [-0.1, -0.05) is 12.1 Å². The summed E-state index contributed by atoms with van der Waals surface area (Å²) in [7, 11) is 0. The van der Waals surface area contributed by atoms with Crippen LogP contribution in [0.1, 0.15) is 60.0 Å². The van der Waals surface area contributed by atoms with Crippen molar-refractivity contribution in [1.82, 2.24) is 15.5 Å². The average molecular weight is 587 g/mol. The first kappa shape index (κ1) is 29.1. The van der Waals surface area contributed by atoms with Crippen LogP contribution < -0.4 is 20.3 Å². The zero-order valence-electron chi connectivity index (χ0n) is 24.6. The van der Waals surface area contributed by atoms with Gasteiger partial charge in [0.05, 0.1) is 25.3 Å². The highest BCUT2D eigenvalue weighted by Gasteiger charge is 2.45. The number of hydrogen-bond acceptors (Lipinski definition) is 5. The molecule has 9 heteroatoms. The number of carbonyl (C=O) groups is 2. The molecule has 6 rings (SSSR count). The van der Waals surface area contributed by atoms with E-state index >= 15 is 0 Å². The highest BCUT2D eigenvalue weighted by Crippen LogP contribution is 2.47. The van der Waals surface area contributed by atoms with Crippen molar-refractivity contribution >= 4 is 17.6 Å². The molecule has 2 saturated heterocycles. The number of piperidine rings is 1. The molecule has 2 heterocycles. The van der Waals surface area contributed by atoms with Crippen LogP contribution in [0.5, 0.6) is 5.75 Å². The second kappa shape index (κ2) is 12.3. The summed E-state index contributed by atoms with van der Waals surface area (Å²) in [6.45, 7) is 5.70. The summed E-state index contributed by atoms with van der Waals surface area (Å²) in [6.07, 6.45) is 4.02. The van der Waals surface area contributed by atoms with E-state index in [2.05, 4.69) is 27.7 Å². The molecule has 0 radical (unpaired) electrons. The Morgan fingerprint density at radius 2 is 1.81 bits per heavy atom. The fraction of sp³-hybridized carbons (Fsp3) is 0.412. The van der Waals surface area contributed by atoms with E-state index in [1.54, 1.807) is 29.2 Å². The van der Waals surface area contributed by atoms with Gasteiger partial charge in [-0.15, -0.1) is 0 Å². The molecule has 8 nitrogen and oxygen atoms in total. The van der Waals surface area contributed by atoms with E-state index in [0.29, 0.717) is 24.6 Å². The summed E-state index contributed by atoms with van der Waals surface area (Å²) in [5.41, 5.74) is 5.57. The first-order valence-corrected chi connectivity index (χ1v) is 15.2. The molecule has 0 atom stereocenters. The molecule has 0 aromatic heterocycles. The predicted octanol–water partition coefficient (Wildman–Crippen LogP) is 5.06. The van der Waals surface area contributed by atoms with Crippen molar-refractivity contribution in [2.24, 2.45) is 0 Å². The molecule has 3 amide bonds. The molecule has 226 valence electrons. The molecule has 3 aromatic rings. The Labute approximate surface area is 251 Å². The van der Waals surface area contributed by atoms with Crippen molar-refractivity contribution in [1.29, 1.82) is 0 Å². The summed E-state index contributed by atoms with van der Waals surface area (Å²) < 4.78 is 19.8. The van der Waals surface area contributed by atoms with Crippen LogP contribution in [-0.4, -0.2) is 66.9 Å². The zero-order chi connectivity index (χ0) is 30.0. The lowest BCUT2D eigenvalue weighted by Crippen LogP contribution is -2.52. The van der Waals surface area contributed by atoms with Crippen molar-refractivity contribution in [3.05, 3.63) is 83.2 Å². The second-order valence-electron chi connectivity index (χ2n) is 11.9. The van der Waals surface area contributed by atoms with Crippen molar-refractivity contribution in [3.63, 3.8) is 0 Å². The van der Waals surface area contributed by atoms with Gasteiger partial charge in [0.1, 0.15) is 11.6 Å². The number of amides is 3. The summed E-state index contributed by atoms with van der Waals surface area (Å²) in [6, 6.07) is 18.1. The second-order valence-corrected chi connectivity index (χ2v) is 11.9. The largest absolute Gasteiger partial charge is 0.494 e. The number of nitrogens with one attached hydrogen (secondary N) is 2. The maximum atomic E-state index is 13.6. The molecule has 0 unspecified atom stereocenters. The van der Waals surface area contributed by atoms with Crippen molar-refractivity contribution < 1.29 is 23.8 Å². The number of ether oxygens (including phenoxy) is 1. The topological polar surface area (TPSA) is 94.1 Å². The minimum absolute atomic E-state index is 0.115. The van der Waals surface area contributed by atoms with E-state index in [-0.39, 0.29) is 36.4 Å². The number of nitrogens with zero attached hydrogens (tertiary/aromatic N) is 2. The van der Waals surface area contributed by atoms with E-state index < -0.39 is 0 Å². The third-order valence-corrected chi connectivity index (χ3v) is 8.83. The maximum Gasteiger partial charge on any atom is 0.322 e. The SMILES string of the molecule is CCOc1cc(-c2ccc(F)cc2)c(C2CC2)cc1CN1CCC2(CC1)CN(c1ccc(C(=O)NCCO)cc1)C(=O)N2. The van der Waals surface area contributed by atoms with Gasteiger partial charge in [-0.3, -0.25) is 14.6 Å². The molecule has 1 saturated carbocycles. The molecular weight excluding hydrogens is 547 g/mol. The van der Waals surface area contributed by atoms with Crippen LogP contribution >= 0.6 is 0 Å². The lowest BCUT2D eigenvalue weighted by molar-refractivity contribution is 0.0944. The Morgan fingerprint density at radius 3 is 2.47 bits per heavy atom. The van der Waals surface area contributed by atoms with Gasteiger partial charge in [0.15, 0.2) is 0 Å². The van der Waals surface area contributed by atoms with Gasteiger partial charge >= 0.3 is 6.03 Å². The van der Waals surface area contributed by atoms with E-state index in [0.717, 1.165) is 55.0 Å². The third-order valence-electron chi connectivity index (χ3n) is 8.83. The molecule has 1 aliphatic carbocycles. The lowest BCUT2D eigenvalue weighted by atomic mass is 9.87. The van der Waals surface area contributed by atoms with Gasteiger partial charge in [0, 0.05) is 43.0 Å². The van der Waals surface area contributed by atoms with E-state index in [9.17, 15) is 14.0 Å². The number of carbonyl (C=O) groups excluding carboxylic acids is 2. The molecule has 2 aliphatic heterocycles. The van der Waals surface area contributed by atoms with Crippen LogP contribution in [0.15, 0.2) is 60.7 Å². The Morgan fingerprint density at radius 1 is 1.09 bits per heavy atom. The summed E-state index contributed by atoms with van der Waals surface area (Å²) in [5, 5.41) is 14.8. The smallest absolute Gasteiger partial charge is 0.322 e. The number of urea groups is 1. The highest BCUT2D eigenvalue weighted by atomic mass is 19.1. The van der Waals surface area contributed by atoms with E-state index in [1.165, 1.54) is 36.1 Å². The highest BCUT2D eigenvalue weighted by molar-refractivity contribution is 5.97. The average Bonchev–Trinajstić information content (AvgIpc) is 3.82. The fourth-order valence-electron chi connectivity index (χ4n) is 6.31. The fourth-order valence-corrected chi connectivity index (χ4v) is 6.31. The Kier molecular flexibility index (Phi) is 8.36. The van der Waals surface area contributed by atoms with Crippen LogP contribution in [-0.2, 0) is 6.54 Å². The lowest BCUT2D eigenvalue weighted by Gasteiger charge is -2.39. The normalized spacial score (nSPS) is 18.1. The van der Waals surface area contributed by atoms with E-state index in [1.807, 2.05) is 19.1 Å². The molecule has 3 fully saturated rings. The number of aliphatic hydroxyl groups excluding tert-OH is 1. The summed E-state index contributed by atoms with van der Waals surface area (Å²) >= 11 is 0. The quantitative estimate of drug-likeness (QED) is 0.309. The van der Waals surface area contributed by atoms with Crippen molar-refractivity contribution in [2.75, 3.05) is 44.3 Å². The maximum absolute atomic E-state index is 13.6. The third kappa shape index (κ3) is 6.38. The molecule has 3 N–H and O–H groups in total. The van der Waals surface area contributed by atoms with Crippen LogP contribution in [0.2, 0.25) is 0 Å². The van der Waals surface area contributed by atoms with Gasteiger partial charge in [-0.25, -0.2) is 9.18 Å². The van der Waals surface area contributed by atoms with Crippen molar-refractivity contribution in [3.8, 4) is 16.9 Å². The number of hydrogen-bond donors (Lipinski definition) is 3. The number of likely N-dealkylation sites (tertiary alicyclic amines) is 1. The van der Waals surface area contributed by atoms with Crippen LogP contribution in [0.4, 0.5) is 14.9 Å². The van der Waals surface area contributed by atoms with E-state index in [4.69, 9.17) is 9.84 Å². The monoisotopic (exact) mass is 586 g/mol. The minimum atomic E-state index is -0.293. The van der Waals surface area contributed by atoms with Crippen LogP contribution in [0, 0.1) is 5.82 Å². The molecule has 1 spiro atoms. The molecule has 0 bridgehead atoms. The standard InChI is InChI=1S/C34H39FN4O4/c1-2-43-31-20-30(24-5-9-27(35)10-6-24)29(23-3-4-23)19-26(31)21-38-16-13-34(14-17-38)22-39(33(42)37-34)28-11-7-25(8-12-28)32(41)36-15-18-40/h5-12,19-20,23,40H,2-4,13-18,21-22H2,1H3,(H,36,41)(H,37,42). The van der Waals surface area contributed by atoms with Gasteiger partial charge in [0.2, 0.25) is 0 Å². The Hall–Kier alpha value is -3.95. The minimum Gasteiger partial charge on any atom is -0.494 e. The van der Waals surface area contributed by atoms with Gasteiger partial charge in [-0.2, -0.15) is 0 Å². The zero-order valence-corrected chi connectivity index (χ0v) is 24.6.